The van der Waals surface area contributed by atoms with E-state index in [1.54, 1.807) is 12.0 Å². The third kappa shape index (κ3) is 3.77. The van der Waals surface area contributed by atoms with Crippen LogP contribution in [0.1, 0.15) is 5.56 Å². The van der Waals surface area contributed by atoms with E-state index >= 15 is 0 Å². The molecule has 0 aromatic heterocycles. The number of guanidine groups is 1. The first-order valence-corrected chi connectivity index (χ1v) is 11.3. The third-order valence-corrected chi connectivity index (χ3v) is 6.55. The number of ether oxygens (including phenoxy) is 1. The van der Waals surface area contributed by atoms with E-state index in [1.165, 1.54) is 10.6 Å². The van der Waals surface area contributed by atoms with Crippen LogP contribution in [-0.2, 0) is 4.79 Å². The topological polar surface area (TPSA) is 45.1 Å². The van der Waals surface area contributed by atoms with Crippen LogP contribution in [0.5, 0.6) is 5.75 Å². The van der Waals surface area contributed by atoms with Crippen molar-refractivity contribution in [3.63, 3.8) is 0 Å². The van der Waals surface area contributed by atoms with E-state index in [-0.39, 0.29) is 5.91 Å². The van der Waals surface area contributed by atoms with Gasteiger partial charge in [0.25, 0.3) is 0 Å². The number of para-hydroxylation sites is 1. The first-order valence-electron chi connectivity index (χ1n) is 8.93. The van der Waals surface area contributed by atoms with Gasteiger partial charge in [-0.2, -0.15) is 0 Å². The second-order valence-corrected chi connectivity index (χ2v) is 8.86. The van der Waals surface area contributed by atoms with Gasteiger partial charge in [-0.25, -0.2) is 0 Å². The maximum absolute atomic E-state index is 13.2. The summed E-state index contributed by atoms with van der Waals surface area (Å²) in [6.07, 6.45) is 1.85. The summed E-state index contributed by atoms with van der Waals surface area (Å²) in [5.41, 5.74) is 2.25. The van der Waals surface area contributed by atoms with Gasteiger partial charge in [-0.1, -0.05) is 0 Å². The molecule has 5 nitrogen and oxygen atoms in total. The summed E-state index contributed by atoms with van der Waals surface area (Å²) in [5.74, 6) is 1.46. The molecule has 2 heterocycles. The van der Waals surface area contributed by atoms with Crippen LogP contribution in [0, 0.1) is 0 Å². The summed E-state index contributed by atoms with van der Waals surface area (Å²) in [4.78, 5) is 21.9. The maximum atomic E-state index is 13.2. The summed E-state index contributed by atoms with van der Waals surface area (Å²) in [7, 11) is 1.64. The molecule has 0 atom stereocenters. The number of carbonyl (C=O) groups is 1. The van der Waals surface area contributed by atoms with E-state index in [0.717, 1.165) is 36.0 Å². The van der Waals surface area contributed by atoms with Crippen molar-refractivity contribution in [3.05, 3.63) is 65.9 Å². The number of hydrogen-bond donors (Lipinski definition) is 0. The predicted molar refractivity (Wildman–Crippen MR) is 109 cm³/mol. The van der Waals surface area contributed by atoms with Crippen molar-refractivity contribution in [1.29, 1.82) is 0 Å². The van der Waals surface area contributed by atoms with E-state index in [4.69, 9.17) is 9.73 Å². The first kappa shape index (κ1) is 17.8. The standard InChI is InChI=1S/C21H21N3O2Se/c1-26-18-9-7-16(8-10-18)15-19-20(25)24(17-5-3-2-4-6-17)21(22-19)23-11-13-27-14-12-23/h2-10,15H,11-14H2,1H3/b19-15-. The Balaban J connectivity index is 1.70. The molecule has 2 aromatic rings. The molecule has 0 N–H and O–H groups in total. The van der Waals surface area contributed by atoms with Gasteiger partial charge in [-0.05, 0) is 0 Å². The Hall–Kier alpha value is -2.56. The second kappa shape index (κ2) is 7.99. The van der Waals surface area contributed by atoms with Gasteiger partial charge in [0.1, 0.15) is 0 Å². The zero-order chi connectivity index (χ0) is 18.6. The summed E-state index contributed by atoms with van der Waals surface area (Å²) in [5, 5.41) is 2.39. The second-order valence-electron chi connectivity index (χ2n) is 6.29. The number of aliphatic imine (C=N–C) groups is 1. The first-order chi connectivity index (χ1) is 13.3. The van der Waals surface area contributed by atoms with E-state index in [9.17, 15) is 4.79 Å². The molecule has 27 heavy (non-hydrogen) atoms. The van der Waals surface area contributed by atoms with E-state index in [1.807, 2.05) is 60.7 Å². The molecular weight excluding hydrogens is 405 g/mol. The summed E-state index contributed by atoms with van der Waals surface area (Å²) >= 11 is 0.707. The molecular formula is C21H21N3O2Se. The minimum absolute atomic E-state index is 0.0805. The molecule has 2 aliphatic heterocycles. The Labute approximate surface area is 165 Å². The number of benzene rings is 2. The van der Waals surface area contributed by atoms with Gasteiger partial charge in [0.15, 0.2) is 0 Å². The zero-order valence-electron chi connectivity index (χ0n) is 15.2. The van der Waals surface area contributed by atoms with E-state index < -0.39 is 0 Å². The summed E-state index contributed by atoms with van der Waals surface area (Å²) in [6.45, 7) is 1.93. The zero-order valence-corrected chi connectivity index (χ0v) is 16.9. The SMILES string of the molecule is COc1ccc(/C=C2\N=C(N3CC[Se]CC3)N(c3ccccc3)C2=O)cc1. The van der Waals surface area contributed by atoms with Crippen molar-refractivity contribution < 1.29 is 9.53 Å². The van der Waals surface area contributed by atoms with Gasteiger partial charge >= 0.3 is 158 Å². The monoisotopic (exact) mass is 427 g/mol. The Kier molecular flexibility index (Phi) is 5.28. The number of carbonyl (C=O) groups excluding carboxylic acids is 1. The van der Waals surface area contributed by atoms with Crippen LogP contribution in [0.25, 0.3) is 6.08 Å². The Bertz CT molecular complexity index is 872. The van der Waals surface area contributed by atoms with Crippen LogP contribution >= 0.6 is 0 Å². The molecule has 0 aliphatic carbocycles. The molecule has 6 heteroatoms. The minimum atomic E-state index is -0.0805. The average Bonchev–Trinajstić information content (AvgIpc) is 3.06. The third-order valence-electron chi connectivity index (χ3n) is 4.57. The quantitative estimate of drug-likeness (QED) is 0.559. The van der Waals surface area contributed by atoms with Crippen molar-refractivity contribution in [2.24, 2.45) is 4.99 Å². The molecule has 1 amide bonds. The molecule has 2 aliphatic rings. The average molecular weight is 426 g/mol. The summed E-state index contributed by atoms with van der Waals surface area (Å²) in [6, 6.07) is 17.4. The van der Waals surface area contributed by atoms with Gasteiger partial charge in [-0.3, -0.25) is 0 Å². The molecule has 4 rings (SSSR count). The number of amides is 1. The molecule has 0 saturated carbocycles. The van der Waals surface area contributed by atoms with Crippen LogP contribution in [0.2, 0.25) is 10.6 Å². The molecule has 0 unspecified atom stereocenters. The van der Waals surface area contributed by atoms with Gasteiger partial charge in [0.05, 0.1) is 7.11 Å². The molecule has 0 bridgehead atoms. The predicted octanol–water partition coefficient (Wildman–Crippen LogP) is 3.30. The Morgan fingerprint density at radius 1 is 1.04 bits per heavy atom. The molecule has 0 radical (unpaired) electrons. The van der Waals surface area contributed by atoms with Gasteiger partial charge < -0.3 is 0 Å². The number of anilines is 1. The van der Waals surface area contributed by atoms with E-state index in [2.05, 4.69) is 4.90 Å². The number of methoxy groups -OCH3 is 1. The Morgan fingerprint density at radius 2 is 1.74 bits per heavy atom. The van der Waals surface area contributed by atoms with Crippen molar-refractivity contribution in [1.82, 2.24) is 4.90 Å². The normalized spacial score (nSPS) is 18.8. The number of rotatable bonds is 3. The van der Waals surface area contributed by atoms with Crippen LogP contribution in [-0.4, -0.2) is 51.9 Å². The van der Waals surface area contributed by atoms with Crippen LogP contribution in [0.3, 0.4) is 0 Å². The molecule has 1 fully saturated rings. The van der Waals surface area contributed by atoms with Crippen molar-refractivity contribution in [2.75, 3.05) is 25.1 Å². The van der Waals surface area contributed by atoms with Crippen LogP contribution < -0.4 is 9.64 Å². The van der Waals surface area contributed by atoms with Gasteiger partial charge in [0, 0.05) is 0 Å². The fraction of sp³-hybridized carbons (Fsp3) is 0.238. The van der Waals surface area contributed by atoms with Gasteiger partial charge in [-0.15, -0.1) is 0 Å². The molecule has 0 spiro atoms. The Morgan fingerprint density at radius 3 is 2.41 bits per heavy atom. The van der Waals surface area contributed by atoms with Gasteiger partial charge in [0.2, 0.25) is 0 Å². The van der Waals surface area contributed by atoms with Crippen LogP contribution in [0.15, 0.2) is 65.3 Å². The van der Waals surface area contributed by atoms with E-state index in [0.29, 0.717) is 20.7 Å². The fourth-order valence-electron chi connectivity index (χ4n) is 3.15. The molecule has 138 valence electrons. The van der Waals surface area contributed by atoms with Crippen molar-refractivity contribution in [3.8, 4) is 5.75 Å². The van der Waals surface area contributed by atoms with Crippen LogP contribution in [0.4, 0.5) is 5.69 Å². The molecule has 1 saturated heterocycles. The van der Waals surface area contributed by atoms with Crippen molar-refractivity contribution in [2.45, 2.75) is 10.6 Å². The van der Waals surface area contributed by atoms with Crippen molar-refractivity contribution >= 4 is 38.6 Å². The summed E-state index contributed by atoms with van der Waals surface area (Å²) < 4.78 is 5.20. The fourth-order valence-corrected chi connectivity index (χ4v) is 5.04. The number of hydrogen-bond acceptors (Lipinski definition) is 4. The number of nitrogens with zero attached hydrogens (tertiary/aromatic N) is 3. The molecule has 2 aromatic carbocycles.